The number of pyridine rings is 1. The standard InChI is InChI=1S/C14H24N4O/c1-5-15-13-11-12(7-8-16-13)14(19)18(4)10-6-9-17(2)3/h7-8,11H,5-6,9-10H2,1-4H3,(H,15,16). The zero-order valence-corrected chi connectivity index (χ0v) is 12.3. The molecule has 106 valence electrons. The van der Waals surface area contributed by atoms with Crippen molar-refractivity contribution < 1.29 is 4.79 Å². The van der Waals surface area contributed by atoms with Gasteiger partial charge >= 0.3 is 0 Å². The van der Waals surface area contributed by atoms with Crippen molar-refractivity contribution in [3.8, 4) is 0 Å². The fourth-order valence-electron chi connectivity index (χ4n) is 1.79. The second kappa shape index (κ2) is 7.74. The van der Waals surface area contributed by atoms with Crippen LogP contribution in [0, 0.1) is 0 Å². The molecule has 0 aliphatic heterocycles. The molecule has 1 heterocycles. The maximum absolute atomic E-state index is 12.2. The van der Waals surface area contributed by atoms with Crippen LogP contribution in [-0.4, -0.2) is 61.5 Å². The molecule has 0 aliphatic rings. The number of amides is 1. The molecular formula is C14H24N4O. The van der Waals surface area contributed by atoms with Crippen LogP contribution in [-0.2, 0) is 0 Å². The molecule has 19 heavy (non-hydrogen) atoms. The van der Waals surface area contributed by atoms with Crippen molar-refractivity contribution in [2.45, 2.75) is 13.3 Å². The van der Waals surface area contributed by atoms with Crippen LogP contribution in [0.4, 0.5) is 5.82 Å². The first-order chi connectivity index (χ1) is 9.04. The minimum atomic E-state index is 0.0420. The van der Waals surface area contributed by atoms with Gasteiger partial charge in [0, 0.05) is 31.9 Å². The van der Waals surface area contributed by atoms with E-state index in [1.807, 2.05) is 28.1 Å². The van der Waals surface area contributed by atoms with Gasteiger partial charge in [-0.1, -0.05) is 0 Å². The van der Waals surface area contributed by atoms with Gasteiger partial charge in [-0.05, 0) is 46.1 Å². The van der Waals surface area contributed by atoms with Crippen LogP contribution < -0.4 is 5.32 Å². The summed E-state index contributed by atoms with van der Waals surface area (Å²) in [6.07, 6.45) is 2.64. The highest BCUT2D eigenvalue weighted by Gasteiger charge is 2.12. The van der Waals surface area contributed by atoms with Crippen molar-refractivity contribution in [2.75, 3.05) is 46.1 Å². The monoisotopic (exact) mass is 264 g/mol. The van der Waals surface area contributed by atoms with Gasteiger partial charge < -0.3 is 15.1 Å². The van der Waals surface area contributed by atoms with Crippen LogP contribution in [0.15, 0.2) is 18.3 Å². The summed E-state index contributed by atoms with van der Waals surface area (Å²) in [6.45, 7) is 4.54. The van der Waals surface area contributed by atoms with Gasteiger partial charge in [-0.15, -0.1) is 0 Å². The number of hydrogen-bond donors (Lipinski definition) is 1. The number of carbonyl (C=O) groups is 1. The lowest BCUT2D eigenvalue weighted by Crippen LogP contribution is -2.29. The zero-order valence-electron chi connectivity index (χ0n) is 12.3. The maximum atomic E-state index is 12.2. The molecule has 0 saturated carbocycles. The SMILES string of the molecule is CCNc1cc(C(=O)N(C)CCCN(C)C)ccn1. The third-order valence-electron chi connectivity index (χ3n) is 2.81. The number of rotatable bonds is 7. The number of aromatic nitrogens is 1. The number of nitrogens with one attached hydrogen (secondary N) is 1. The molecule has 0 spiro atoms. The van der Waals surface area contributed by atoms with E-state index in [2.05, 4.69) is 15.2 Å². The lowest BCUT2D eigenvalue weighted by molar-refractivity contribution is 0.0790. The normalized spacial score (nSPS) is 10.6. The van der Waals surface area contributed by atoms with Gasteiger partial charge in [-0.2, -0.15) is 0 Å². The summed E-state index contributed by atoms with van der Waals surface area (Å²) < 4.78 is 0. The van der Waals surface area contributed by atoms with Gasteiger partial charge in [-0.25, -0.2) is 4.98 Å². The Kier molecular flexibility index (Phi) is 6.29. The first-order valence-electron chi connectivity index (χ1n) is 6.64. The van der Waals surface area contributed by atoms with Crippen molar-refractivity contribution in [3.05, 3.63) is 23.9 Å². The van der Waals surface area contributed by atoms with Crippen LogP contribution in [0.5, 0.6) is 0 Å². The quantitative estimate of drug-likeness (QED) is 0.811. The maximum Gasteiger partial charge on any atom is 0.253 e. The molecule has 0 fully saturated rings. The molecule has 1 rings (SSSR count). The first kappa shape index (κ1) is 15.4. The van der Waals surface area contributed by atoms with Crippen LogP contribution in [0.2, 0.25) is 0 Å². The summed E-state index contributed by atoms with van der Waals surface area (Å²) in [6, 6.07) is 3.56. The summed E-state index contributed by atoms with van der Waals surface area (Å²) in [5, 5.41) is 3.11. The largest absolute Gasteiger partial charge is 0.370 e. The van der Waals surface area contributed by atoms with E-state index in [0.717, 1.165) is 31.9 Å². The van der Waals surface area contributed by atoms with Gasteiger partial charge in [0.25, 0.3) is 5.91 Å². The molecule has 5 nitrogen and oxygen atoms in total. The fraction of sp³-hybridized carbons (Fsp3) is 0.571. The molecule has 1 N–H and O–H groups in total. The Bertz CT molecular complexity index is 406. The summed E-state index contributed by atoms with van der Waals surface area (Å²) in [5.74, 6) is 0.787. The van der Waals surface area contributed by atoms with Crippen molar-refractivity contribution in [1.82, 2.24) is 14.8 Å². The van der Waals surface area contributed by atoms with Crippen LogP contribution in [0.25, 0.3) is 0 Å². The Hall–Kier alpha value is -1.62. The zero-order chi connectivity index (χ0) is 14.3. The van der Waals surface area contributed by atoms with E-state index < -0.39 is 0 Å². The van der Waals surface area contributed by atoms with Gasteiger partial charge in [0.1, 0.15) is 5.82 Å². The van der Waals surface area contributed by atoms with E-state index >= 15 is 0 Å². The van der Waals surface area contributed by atoms with Crippen LogP contribution >= 0.6 is 0 Å². The molecule has 0 aliphatic carbocycles. The van der Waals surface area contributed by atoms with E-state index in [0.29, 0.717) is 5.56 Å². The molecule has 5 heteroatoms. The average Bonchev–Trinajstić information content (AvgIpc) is 2.38. The highest BCUT2D eigenvalue weighted by molar-refractivity contribution is 5.94. The van der Waals surface area contributed by atoms with Crippen molar-refractivity contribution in [2.24, 2.45) is 0 Å². The summed E-state index contributed by atoms with van der Waals surface area (Å²) >= 11 is 0. The summed E-state index contributed by atoms with van der Waals surface area (Å²) in [4.78, 5) is 20.3. The molecule has 1 aromatic rings. The molecule has 0 unspecified atom stereocenters. The predicted octanol–water partition coefficient (Wildman–Crippen LogP) is 1.54. The third kappa shape index (κ3) is 5.26. The van der Waals surface area contributed by atoms with E-state index in [9.17, 15) is 4.79 Å². The molecule has 1 aromatic heterocycles. The summed E-state index contributed by atoms with van der Waals surface area (Å²) in [7, 11) is 5.91. The Morgan fingerprint density at radius 2 is 2.05 bits per heavy atom. The number of nitrogens with zero attached hydrogens (tertiary/aromatic N) is 3. The molecule has 0 bridgehead atoms. The Morgan fingerprint density at radius 3 is 2.68 bits per heavy atom. The fourth-order valence-corrected chi connectivity index (χ4v) is 1.79. The highest BCUT2D eigenvalue weighted by Crippen LogP contribution is 2.09. The molecule has 1 amide bonds. The minimum Gasteiger partial charge on any atom is -0.370 e. The second-order valence-corrected chi connectivity index (χ2v) is 4.84. The van der Waals surface area contributed by atoms with Crippen LogP contribution in [0.1, 0.15) is 23.7 Å². The molecule has 0 atom stereocenters. The lowest BCUT2D eigenvalue weighted by Gasteiger charge is -2.18. The Morgan fingerprint density at radius 1 is 1.32 bits per heavy atom. The molecular weight excluding hydrogens is 240 g/mol. The minimum absolute atomic E-state index is 0.0420. The van der Waals surface area contributed by atoms with Gasteiger partial charge in [0.15, 0.2) is 0 Å². The van der Waals surface area contributed by atoms with E-state index in [1.165, 1.54) is 0 Å². The van der Waals surface area contributed by atoms with Gasteiger partial charge in [0.05, 0.1) is 0 Å². The van der Waals surface area contributed by atoms with Crippen molar-refractivity contribution >= 4 is 11.7 Å². The predicted molar refractivity (Wildman–Crippen MR) is 78.5 cm³/mol. The van der Waals surface area contributed by atoms with E-state index in [1.54, 1.807) is 23.2 Å². The highest BCUT2D eigenvalue weighted by atomic mass is 16.2. The Labute approximate surface area is 115 Å². The number of hydrogen-bond acceptors (Lipinski definition) is 4. The van der Waals surface area contributed by atoms with E-state index in [4.69, 9.17) is 0 Å². The smallest absolute Gasteiger partial charge is 0.253 e. The van der Waals surface area contributed by atoms with Gasteiger partial charge in [0.2, 0.25) is 0 Å². The summed E-state index contributed by atoms with van der Waals surface area (Å²) in [5.41, 5.74) is 0.679. The van der Waals surface area contributed by atoms with Crippen molar-refractivity contribution in [1.29, 1.82) is 0 Å². The Balaban J connectivity index is 2.58. The third-order valence-corrected chi connectivity index (χ3v) is 2.81. The van der Waals surface area contributed by atoms with Gasteiger partial charge in [-0.3, -0.25) is 4.79 Å². The number of carbonyl (C=O) groups excluding carboxylic acids is 1. The molecule has 0 aromatic carbocycles. The average molecular weight is 264 g/mol. The molecule has 0 saturated heterocycles. The lowest BCUT2D eigenvalue weighted by atomic mass is 10.2. The van der Waals surface area contributed by atoms with E-state index in [-0.39, 0.29) is 5.91 Å². The van der Waals surface area contributed by atoms with Crippen LogP contribution in [0.3, 0.4) is 0 Å². The number of anilines is 1. The van der Waals surface area contributed by atoms with Crippen molar-refractivity contribution in [3.63, 3.8) is 0 Å². The molecule has 0 radical (unpaired) electrons. The topological polar surface area (TPSA) is 48.5 Å². The first-order valence-corrected chi connectivity index (χ1v) is 6.64. The second-order valence-electron chi connectivity index (χ2n) is 4.84.